The molecule has 3 amide bonds. The van der Waals surface area contributed by atoms with Gasteiger partial charge in [-0.1, -0.05) is 75.3 Å². The lowest BCUT2D eigenvalue weighted by molar-refractivity contribution is -0.124. The van der Waals surface area contributed by atoms with E-state index in [0.717, 1.165) is 10.6 Å². The van der Waals surface area contributed by atoms with E-state index >= 15 is 0 Å². The molecule has 0 bridgehead atoms. The molecule has 49 heavy (non-hydrogen) atoms. The summed E-state index contributed by atoms with van der Waals surface area (Å²) in [4.78, 5) is 32.4. The molecular formula is C34H48N6O7S2. The zero-order chi connectivity index (χ0) is 36.1. The molecular weight excluding hydrogens is 669 g/mol. The summed E-state index contributed by atoms with van der Waals surface area (Å²) in [6.45, 7) is 7.82. The van der Waals surface area contributed by atoms with Crippen LogP contribution in [0.5, 0.6) is 0 Å². The van der Waals surface area contributed by atoms with Gasteiger partial charge in [-0.2, -0.15) is 4.31 Å². The van der Waals surface area contributed by atoms with E-state index in [1.807, 2.05) is 49.6 Å². The van der Waals surface area contributed by atoms with Gasteiger partial charge in [-0.15, -0.1) is 11.3 Å². The van der Waals surface area contributed by atoms with E-state index in [0.29, 0.717) is 17.9 Å². The summed E-state index contributed by atoms with van der Waals surface area (Å²) in [7, 11) is -0.943. The molecule has 268 valence electrons. The first kappa shape index (κ1) is 39.5. The lowest BCUT2D eigenvalue weighted by atomic mass is 9.99. The van der Waals surface area contributed by atoms with E-state index in [2.05, 4.69) is 20.8 Å². The number of hydrogen-bond acceptors (Lipinski definition) is 10. The van der Waals surface area contributed by atoms with Gasteiger partial charge in [-0.25, -0.2) is 18.2 Å². The van der Waals surface area contributed by atoms with Crippen molar-refractivity contribution < 1.29 is 33.1 Å². The van der Waals surface area contributed by atoms with E-state index in [4.69, 9.17) is 9.94 Å². The zero-order valence-electron chi connectivity index (χ0n) is 28.8. The number of amides is 3. The monoisotopic (exact) mass is 716 g/mol. The average Bonchev–Trinajstić information content (AvgIpc) is 3.51. The van der Waals surface area contributed by atoms with Crippen LogP contribution in [0.1, 0.15) is 49.5 Å². The van der Waals surface area contributed by atoms with E-state index in [1.54, 1.807) is 28.0 Å². The van der Waals surface area contributed by atoms with Crippen molar-refractivity contribution in [3.63, 3.8) is 0 Å². The van der Waals surface area contributed by atoms with E-state index < -0.39 is 40.1 Å². The maximum Gasteiger partial charge on any atom is 0.318 e. The van der Waals surface area contributed by atoms with Gasteiger partial charge in [0, 0.05) is 32.6 Å². The van der Waals surface area contributed by atoms with Crippen LogP contribution >= 0.6 is 11.3 Å². The molecule has 0 saturated heterocycles. The number of nitrogens with one attached hydrogen (secondary N) is 2. The number of sulfonamides is 1. The molecule has 2 aromatic carbocycles. The number of benzene rings is 2. The summed E-state index contributed by atoms with van der Waals surface area (Å²) in [5.41, 5.74) is 2.02. The second-order valence-electron chi connectivity index (χ2n) is 12.5. The normalized spacial score (nSPS) is 13.9. The van der Waals surface area contributed by atoms with Crippen molar-refractivity contribution in [1.82, 2.24) is 24.8 Å². The van der Waals surface area contributed by atoms with Crippen LogP contribution in [0.25, 0.3) is 0 Å². The third kappa shape index (κ3) is 11.6. The molecule has 3 atom stereocenters. The van der Waals surface area contributed by atoms with E-state index in [-0.39, 0.29) is 42.8 Å². The number of carbonyl (C=O) groups excluding carboxylic acids is 2. The fraction of sp³-hybridized carbons (Fsp3) is 0.471. The van der Waals surface area contributed by atoms with Crippen LogP contribution in [0.3, 0.4) is 0 Å². The van der Waals surface area contributed by atoms with Gasteiger partial charge in [0.05, 0.1) is 42.1 Å². The summed E-state index contributed by atoms with van der Waals surface area (Å²) < 4.78 is 34.7. The average molecular weight is 717 g/mol. The first-order chi connectivity index (χ1) is 23.3. The third-order valence-corrected chi connectivity index (χ3v) is 10.4. The van der Waals surface area contributed by atoms with Crippen molar-refractivity contribution in [3.05, 3.63) is 81.8 Å². The van der Waals surface area contributed by atoms with Crippen molar-refractivity contribution in [1.29, 1.82) is 0 Å². The van der Waals surface area contributed by atoms with Crippen LogP contribution in [-0.2, 0) is 39.1 Å². The number of hydrogen-bond donors (Lipinski definition) is 4. The number of carbonyl (C=O) groups is 2. The maximum atomic E-state index is 14.1. The molecule has 3 rings (SSSR count). The molecule has 13 nitrogen and oxygen atoms in total. The number of nitrogens with zero attached hydrogens (tertiary/aromatic N) is 4. The van der Waals surface area contributed by atoms with Crippen molar-refractivity contribution in [2.45, 2.75) is 70.4 Å². The summed E-state index contributed by atoms with van der Waals surface area (Å²) in [6, 6.07) is 12.8. The van der Waals surface area contributed by atoms with Crippen LogP contribution in [0.15, 0.2) is 70.0 Å². The third-order valence-electron chi connectivity index (χ3n) is 7.67. The maximum absolute atomic E-state index is 14.1. The van der Waals surface area contributed by atoms with Crippen molar-refractivity contribution >= 4 is 39.5 Å². The van der Waals surface area contributed by atoms with Gasteiger partial charge in [0.25, 0.3) is 0 Å². The van der Waals surface area contributed by atoms with Crippen molar-refractivity contribution in [3.8, 4) is 0 Å². The molecule has 3 aromatic rings. The van der Waals surface area contributed by atoms with Gasteiger partial charge in [-0.05, 0) is 41.5 Å². The largest absolute Gasteiger partial charge is 0.411 e. The lowest BCUT2D eigenvalue weighted by Gasteiger charge is -2.35. The van der Waals surface area contributed by atoms with Crippen LogP contribution in [0, 0.1) is 11.8 Å². The minimum absolute atomic E-state index is 0.0109. The summed E-state index contributed by atoms with van der Waals surface area (Å²) >= 11 is 1.43. The zero-order valence-corrected chi connectivity index (χ0v) is 30.4. The van der Waals surface area contributed by atoms with Gasteiger partial charge in [0.1, 0.15) is 11.0 Å². The Kier molecular flexibility index (Phi) is 15.1. The molecule has 0 fully saturated rings. The fourth-order valence-corrected chi connectivity index (χ4v) is 7.71. The SMILES string of the molecule is COCc1nc(CN(C)C(=O)N[C@H](C(=O)NC[C@@H](O)C(Cc2ccccc2)N(CC(C)C)S(=O)(=O)c2ccc(C=NO)cc2)C(C)C)cs1. The number of methoxy groups -OCH3 is 1. The summed E-state index contributed by atoms with van der Waals surface area (Å²) in [5.74, 6) is -0.896. The minimum Gasteiger partial charge on any atom is -0.411 e. The quantitative estimate of drug-likeness (QED) is 0.0877. The van der Waals surface area contributed by atoms with Gasteiger partial charge in [0.15, 0.2) is 0 Å². The highest BCUT2D eigenvalue weighted by Crippen LogP contribution is 2.24. The molecule has 0 aliphatic carbocycles. The van der Waals surface area contributed by atoms with Gasteiger partial charge >= 0.3 is 6.03 Å². The molecule has 0 aliphatic rings. The summed E-state index contributed by atoms with van der Waals surface area (Å²) in [6.07, 6.45) is 0.0600. The lowest BCUT2D eigenvalue weighted by Crippen LogP contribution is -2.56. The standard InChI is InChI=1S/C34H48N6O7S2/c1-23(2)19-40(49(45,46)28-14-12-26(13-15-28)17-36-44)29(16-25-10-8-7-9-11-25)30(41)18-35-33(42)32(24(3)4)38-34(43)39(5)20-27-22-48-31(37-27)21-47-6/h7-15,17,22-24,29-30,32,41,44H,16,18-21H2,1-6H3,(H,35,42)(H,38,43)/t29?,30-,32+/m1/s1. The van der Waals surface area contributed by atoms with Crippen LogP contribution < -0.4 is 10.6 Å². The Balaban J connectivity index is 1.81. The number of oxime groups is 1. The molecule has 15 heteroatoms. The second-order valence-corrected chi connectivity index (χ2v) is 15.4. The number of aliphatic hydroxyl groups is 1. The Hall–Kier alpha value is -3.89. The number of rotatable bonds is 18. The number of urea groups is 1. The Morgan fingerprint density at radius 1 is 1.08 bits per heavy atom. The van der Waals surface area contributed by atoms with Gasteiger partial charge < -0.3 is 30.6 Å². The highest BCUT2D eigenvalue weighted by molar-refractivity contribution is 7.89. The summed E-state index contributed by atoms with van der Waals surface area (Å²) in [5, 5.41) is 31.7. The first-order valence-corrected chi connectivity index (χ1v) is 18.3. The Morgan fingerprint density at radius 3 is 2.35 bits per heavy atom. The smallest absolute Gasteiger partial charge is 0.318 e. The molecule has 0 saturated carbocycles. The Morgan fingerprint density at radius 2 is 1.76 bits per heavy atom. The predicted octanol–water partition coefficient (Wildman–Crippen LogP) is 3.70. The Bertz CT molecular complexity index is 1620. The molecule has 0 radical (unpaired) electrons. The number of thiazole rings is 1. The fourth-order valence-electron chi connectivity index (χ4n) is 5.14. The van der Waals surface area contributed by atoms with Crippen LogP contribution in [0.4, 0.5) is 4.79 Å². The molecule has 4 N–H and O–H groups in total. The van der Waals surface area contributed by atoms with Crippen LogP contribution in [-0.4, -0.2) is 96.5 Å². The van der Waals surface area contributed by atoms with E-state index in [1.165, 1.54) is 51.0 Å². The second kappa shape index (κ2) is 18.8. The van der Waals surface area contributed by atoms with E-state index in [9.17, 15) is 23.1 Å². The number of aliphatic hydroxyl groups excluding tert-OH is 1. The van der Waals surface area contributed by atoms with Crippen molar-refractivity contribution in [2.24, 2.45) is 17.0 Å². The van der Waals surface area contributed by atoms with Crippen LogP contribution in [0.2, 0.25) is 0 Å². The van der Waals surface area contributed by atoms with Gasteiger partial charge in [-0.3, -0.25) is 4.79 Å². The first-order valence-electron chi connectivity index (χ1n) is 16.0. The number of ether oxygens (including phenoxy) is 1. The number of aromatic nitrogens is 1. The minimum atomic E-state index is -4.13. The predicted molar refractivity (Wildman–Crippen MR) is 189 cm³/mol. The van der Waals surface area contributed by atoms with Gasteiger partial charge in [0.2, 0.25) is 15.9 Å². The molecule has 1 heterocycles. The Labute approximate surface area is 293 Å². The topological polar surface area (TPSA) is 174 Å². The molecule has 1 unspecified atom stereocenters. The highest BCUT2D eigenvalue weighted by atomic mass is 32.2. The molecule has 1 aromatic heterocycles. The highest BCUT2D eigenvalue weighted by Gasteiger charge is 2.37. The molecule has 0 spiro atoms. The molecule has 0 aliphatic heterocycles. The van der Waals surface area contributed by atoms with Crippen molar-refractivity contribution in [2.75, 3.05) is 27.2 Å².